The summed E-state index contributed by atoms with van der Waals surface area (Å²) >= 11 is 0. The second kappa shape index (κ2) is 5.58. The minimum absolute atomic E-state index is 0.128. The van der Waals surface area contributed by atoms with Gasteiger partial charge in [0.15, 0.2) is 0 Å². The molecule has 1 aromatic rings. The van der Waals surface area contributed by atoms with Gasteiger partial charge in [0, 0.05) is 13.1 Å². The average Bonchev–Trinajstić information content (AvgIpc) is 2.36. The summed E-state index contributed by atoms with van der Waals surface area (Å²) in [5.74, 6) is 0. The lowest BCUT2D eigenvalue weighted by Crippen LogP contribution is -2.48. The number of rotatable bonds is 2. The molecular formula is C13H16F3NO3S. The van der Waals surface area contributed by atoms with Crippen molar-refractivity contribution in [1.82, 2.24) is 4.31 Å². The van der Waals surface area contributed by atoms with Crippen molar-refractivity contribution in [2.24, 2.45) is 0 Å². The third-order valence-electron chi connectivity index (χ3n) is 3.19. The number of alkyl halides is 3. The van der Waals surface area contributed by atoms with Gasteiger partial charge in [0.2, 0.25) is 10.0 Å². The van der Waals surface area contributed by atoms with E-state index in [0.29, 0.717) is 6.07 Å². The van der Waals surface area contributed by atoms with Crippen LogP contribution in [0.15, 0.2) is 29.2 Å². The Kier molecular flexibility index (Phi) is 4.32. The van der Waals surface area contributed by atoms with Crippen LogP contribution in [0.25, 0.3) is 0 Å². The summed E-state index contributed by atoms with van der Waals surface area (Å²) < 4.78 is 69.6. The maximum atomic E-state index is 12.7. The monoisotopic (exact) mass is 323 g/mol. The van der Waals surface area contributed by atoms with Crippen molar-refractivity contribution in [3.05, 3.63) is 29.8 Å². The van der Waals surface area contributed by atoms with Crippen LogP contribution in [0.2, 0.25) is 0 Å². The van der Waals surface area contributed by atoms with Crippen molar-refractivity contribution in [2.75, 3.05) is 13.1 Å². The minimum Gasteiger partial charge on any atom is -0.373 e. The summed E-state index contributed by atoms with van der Waals surface area (Å²) in [6.45, 7) is 3.71. The summed E-state index contributed by atoms with van der Waals surface area (Å²) in [5.41, 5.74) is -0.974. The fraction of sp³-hybridized carbons (Fsp3) is 0.538. The van der Waals surface area contributed by atoms with Crippen molar-refractivity contribution in [3.63, 3.8) is 0 Å². The van der Waals surface area contributed by atoms with E-state index in [0.717, 1.165) is 12.1 Å². The molecule has 0 radical (unpaired) electrons. The van der Waals surface area contributed by atoms with E-state index in [1.807, 2.05) is 0 Å². The predicted octanol–water partition coefficient (Wildman–Crippen LogP) is 2.50. The van der Waals surface area contributed by atoms with Gasteiger partial charge in [-0.1, -0.05) is 6.07 Å². The van der Waals surface area contributed by atoms with E-state index in [9.17, 15) is 21.6 Å². The Bertz CT molecular complexity index is 605. The molecule has 1 aromatic carbocycles. The van der Waals surface area contributed by atoms with Crippen LogP contribution in [-0.4, -0.2) is 38.0 Å². The van der Waals surface area contributed by atoms with Crippen LogP contribution in [-0.2, 0) is 20.9 Å². The lowest BCUT2D eigenvalue weighted by atomic mass is 10.2. The summed E-state index contributed by atoms with van der Waals surface area (Å²) in [4.78, 5) is -0.348. The largest absolute Gasteiger partial charge is 0.416 e. The Balaban J connectivity index is 2.36. The fourth-order valence-corrected chi connectivity index (χ4v) is 3.95. The number of sulfonamides is 1. The van der Waals surface area contributed by atoms with Crippen molar-refractivity contribution >= 4 is 10.0 Å². The minimum atomic E-state index is -4.57. The summed E-state index contributed by atoms with van der Waals surface area (Å²) in [5, 5.41) is 0. The molecule has 1 saturated heterocycles. The molecule has 2 rings (SSSR count). The van der Waals surface area contributed by atoms with Crippen LogP contribution in [0.1, 0.15) is 19.4 Å². The van der Waals surface area contributed by atoms with Crippen molar-refractivity contribution in [3.8, 4) is 0 Å². The number of nitrogens with zero attached hydrogens (tertiary/aromatic N) is 1. The van der Waals surface area contributed by atoms with Crippen LogP contribution in [0.4, 0.5) is 13.2 Å². The quantitative estimate of drug-likeness (QED) is 0.840. The van der Waals surface area contributed by atoms with Crippen LogP contribution in [0.5, 0.6) is 0 Å². The molecule has 0 aromatic heterocycles. The number of hydrogen-bond donors (Lipinski definition) is 0. The SMILES string of the molecule is C[C@H]1CN(S(=O)(=O)c2cccc(C(F)(F)F)c2)C[C@H](C)O1. The Morgan fingerprint density at radius 1 is 1.19 bits per heavy atom. The first kappa shape index (κ1) is 16.3. The van der Waals surface area contributed by atoms with Gasteiger partial charge in [-0.2, -0.15) is 17.5 Å². The summed E-state index contributed by atoms with van der Waals surface area (Å²) in [7, 11) is -3.96. The predicted molar refractivity (Wildman–Crippen MR) is 70.2 cm³/mol. The molecule has 1 heterocycles. The highest BCUT2D eigenvalue weighted by Crippen LogP contribution is 2.31. The molecule has 4 nitrogen and oxygen atoms in total. The molecule has 0 saturated carbocycles. The molecule has 0 amide bonds. The number of benzene rings is 1. The van der Waals surface area contributed by atoms with Gasteiger partial charge in [-0.05, 0) is 32.0 Å². The van der Waals surface area contributed by atoms with Crippen molar-refractivity contribution < 1.29 is 26.3 Å². The second-order valence-electron chi connectivity index (χ2n) is 5.10. The highest BCUT2D eigenvalue weighted by atomic mass is 32.2. The molecule has 0 spiro atoms. The van der Waals surface area contributed by atoms with Crippen LogP contribution < -0.4 is 0 Å². The van der Waals surface area contributed by atoms with Crippen LogP contribution in [0.3, 0.4) is 0 Å². The van der Waals surface area contributed by atoms with Gasteiger partial charge in [0.1, 0.15) is 0 Å². The molecule has 0 bridgehead atoms. The molecular weight excluding hydrogens is 307 g/mol. The molecule has 0 unspecified atom stereocenters. The molecule has 2 atom stereocenters. The molecule has 118 valence electrons. The van der Waals surface area contributed by atoms with Crippen molar-refractivity contribution in [2.45, 2.75) is 37.1 Å². The van der Waals surface area contributed by atoms with E-state index in [1.165, 1.54) is 10.4 Å². The number of ether oxygens (including phenoxy) is 1. The highest BCUT2D eigenvalue weighted by molar-refractivity contribution is 7.89. The first-order chi connectivity index (χ1) is 9.60. The highest BCUT2D eigenvalue weighted by Gasteiger charge is 2.35. The number of hydrogen-bond acceptors (Lipinski definition) is 3. The van der Waals surface area contributed by atoms with Gasteiger partial charge < -0.3 is 4.74 Å². The number of morpholine rings is 1. The third kappa shape index (κ3) is 3.56. The second-order valence-corrected chi connectivity index (χ2v) is 7.04. The van der Waals surface area contributed by atoms with E-state index in [2.05, 4.69) is 0 Å². The molecule has 21 heavy (non-hydrogen) atoms. The van der Waals surface area contributed by atoms with E-state index in [1.54, 1.807) is 13.8 Å². The fourth-order valence-electron chi connectivity index (χ4n) is 2.31. The molecule has 8 heteroatoms. The average molecular weight is 323 g/mol. The Hall–Kier alpha value is -1.12. The van der Waals surface area contributed by atoms with Crippen LogP contribution in [0, 0.1) is 0 Å². The Morgan fingerprint density at radius 3 is 2.29 bits per heavy atom. The maximum Gasteiger partial charge on any atom is 0.416 e. The molecule has 0 N–H and O–H groups in total. The van der Waals surface area contributed by atoms with Gasteiger partial charge >= 0.3 is 6.18 Å². The Morgan fingerprint density at radius 2 is 1.76 bits per heavy atom. The zero-order chi connectivity index (χ0) is 15.8. The third-order valence-corrected chi connectivity index (χ3v) is 5.01. The molecule has 0 aliphatic carbocycles. The van der Waals surface area contributed by atoms with Crippen molar-refractivity contribution in [1.29, 1.82) is 0 Å². The zero-order valence-corrected chi connectivity index (χ0v) is 12.4. The summed E-state index contributed by atoms with van der Waals surface area (Å²) in [6, 6.07) is 3.79. The topological polar surface area (TPSA) is 46.6 Å². The van der Waals surface area contributed by atoms with Gasteiger partial charge in [-0.15, -0.1) is 0 Å². The van der Waals surface area contributed by atoms with E-state index >= 15 is 0 Å². The van der Waals surface area contributed by atoms with Gasteiger partial charge in [0.25, 0.3) is 0 Å². The maximum absolute atomic E-state index is 12.7. The lowest BCUT2D eigenvalue weighted by Gasteiger charge is -2.34. The number of halogens is 3. The van der Waals surface area contributed by atoms with Gasteiger partial charge in [-0.3, -0.25) is 0 Å². The molecule has 1 aliphatic heterocycles. The summed E-state index contributed by atoms with van der Waals surface area (Å²) in [6.07, 6.45) is -5.17. The van der Waals surface area contributed by atoms with E-state index < -0.39 is 21.8 Å². The first-order valence-electron chi connectivity index (χ1n) is 6.43. The molecule has 1 fully saturated rings. The first-order valence-corrected chi connectivity index (χ1v) is 7.87. The van der Waals surface area contributed by atoms with E-state index in [-0.39, 0.29) is 30.2 Å². The smallest absolute Gasteiger partial charge is 0.373 e. The van der Waals surface area contributed by atoms with Gasteiger partial charge in [0.05, 0.1) is 22.7 Å². The Labute approximate surface area is 121 Å². The zero-order valence-electron chi connectivity index (χ0n) is 11.6. The lowest BCUT2D eigenvalue weighted by molar-refractivity contribution is -0.137. The standard InChI is InChI=1S/C13H16F3NO3S/c1-9-7-17(8-10(2)20-9)21(18,19)12-5-3-4-11(6-12)13(14,15)16/h3-6,9-10H,7-8H2,1-2H3/t9-,10-/m0/s1. The molecule has 1 aliphatic rings. The normalized spacial score (nSPS) is 25.0. The van der Waals surface area contributed by atoms with Gasteiger partial charge in [-0.25, -0.2) is 8.42 Å². The van der Waals surface area contributed by atoms with E-state index in [4.69, 9.17) is 4.74 Å². The van der Waals surface area contributed by atoms with Crippen LogP contribution >= 0.6 is 0 Å².